The number of halogens is 1. The molecule has 2 aromatic carbocycles. The van der Waals surface area contributed by atoms with Crippen LogP contribution in [0.3, 0.4) is 0 Å². The van der Waals surface area contributed by atoms with Gasteiger partial charge in [0.2, 0.25) is 0 Å². The van der Waals surface area contributed by atoms with E-state index in [1.54, 1.807) is 31.2 Å². The number of hydrogen-bond acceptors (Lipinski definition) is 3. The van der Waals surface area contributed by atoms with Crippen LogP contribution in [0.25, 0.3) is 0 Å². The monoisotopic (exact) mass is 386 g/mol. The molecule has 7 heteroatoms. The van der Waals surface area contributed by atoms with E-state index in [0.29, 0.717) is 25.3 Å². The number of hydrogen-bond donors (Lipinski definition) is 2. The summed E-state index contributed by atoms with van der Waals surface area (Å²) in [4.78, 5) is 25.1. The quantitative estimate of drug-likeness (QED) is 0.797. The highest BCUT2D eigenvalue weighted by Gasteiger charge is 2.42. The molecule has 28 heavy (non-hydrogen) atoms. The van der Waals surface area contributed by atoms with Crippen LogP contribution >= 0.6 is 0 Å². The first-order valence-corrected chi connectivity index (χ1v) is 9.08. The predicted molar refractivity (Wildman–Crippen MR) is 101 cm³/mol. The van der Waals surface area contributed by atoms with Gasteiger partial charge in [-0.05, 0) is 48.7 Å². The van der Waals surface area contributed by atoms with Crippen molar-refractivity contribution >= 4 is 12.0 Å². The summed E-state index contributed by atoms with van der Waals surface area (Å²) in [5, 5.41) is 12.1. The molecule has 2 amide bonds. The van der Waals surface area contributed by atoms with Crippen LogP contribution in [-0.2, 0) is 17.9 Å². The van der Waals surface area contributed by atoms with E-state index >= 15 is 0 Å². The number of rotatable bonds is 6. The summed E-state index contributed by atoms with van der Waals surface area (Å²) in [6.07, 6.45) is 0.451. The summed E-state index contributed by atoms with van der Waals surface area (Å²) < 4.78 is 18.8. The van der Waals surface area contributed by atoms with Gasteiger partial charge in [0.05, 0.1) is 5.41 Å². The predicted octanol–water partition coefficient (Wildman–Crippen LogP) is 3.41. The molecule has 1 atom stereocenters. The number of ether oxygens (including phenoxy) is 1. The van der Waals surface area contributed by atoms with Crippen molar-refractivity contribution in [3.8, 4) is 5.75 Å². The Hall–Kier alpha value is -3.09. The molecule has 148 valence electrons. The van der Waals surface area contributed by atoms with Crippen molar-refractivity contribution in [3.63, 3.8) is 0 Å². The Balaban J connectivity index is 1.47. The minimum absolute atomic E-state index is 0.209. The van der Waals surface area contributed by atoms with Gasteiger partial charge in [-0.2, -0.15) is 0 Å². The van der Waals surface area contributed by atoms with Crippen molar-refractivity contribution in [2.24, 2.45) is 5.41 Å². The zero-order chi connectivity index (χ0) is 20.1. The van der Waals surface area contributed by atoms with E-state index in [9.17, 15) is 19.1 Å². The summed E-state index contributed by atoms with van der Waals surface area (Å²) in [5.74, 6) is -0.526. The number of amides is 2. The van der Waals surface area contributed by atoms with Gasteiger partial charge in [-0.25, -0.2) is 9.18 Å². The van der Waals surface area contributed by atoms with E-state index in [4.69, 9.17) is 4.74 Å². The third-order valence-corrected chi connectivity index (χ3v) is 4.94. The number of nitrogens with zero attached hydrogens (tertiary/aromatic N) is 1. The van der Waals surface area contributed by atoms with Gasteiger partial charge in [0, 0.05) is 19.6 Å². The van der Waals surface area contributed by atoms with Crippen LogP contribution < -0.4 is 10.1 Å². The lowest BCUT2D eigenvalue weighted by molar-refractivity contribution is -0.147. The van der Waals surface area contributed by atoms with Crippen LogP contribution in [-0.4, -0.2) is 35.1 Å². The molecule has 0 radical (unpaired) electrons. The molecule has 1 saturated heterocycles. The molecule has 3 rings (SSSR count). The first kappa shape index (κ1) is 19.7. The number of carboxylic acid groups (broad SMARTS) is 1. The van der Waals surface area contributed by atoms with E-state index in [1.807, 2.05) is 12.1 Å². The lowest BCUT2D eigenvalue weighted by atomic mass is 9.90. The Kier molecular flexibility index (Phi) is 5.82. The second-order valence-electron chi connectivity index (χ2n) is 7.26. The molecule has 2 aromatic rings. The van der Waals surface area contributed by atoms with Crippen LogP contribution in [0, 0.1) is 11.2 Å². The molecule has 1 fully saturated rings. The zero-order valence-corrected chi connectivity index (χ0v) is 15.7. The van der Waals surface area contributed by atoms with Gasteiger partial charge in [-0.15, -0.1) is 0 Å². The van der Waals surface area contributed by atoms with Crippen LogP contribution in [0.15, 0.2) is 48.5 Å². The third-order valence-electron chi connectivity index (χ3n) is 4.94. The van der Waals surface area contributed by atoms with E-state index in [-0.39, 0.29) is 25.0 Å². The second-order valence-corrected chi connectivity index (χ2v) is 7.26. The van der Waals surface area contributed by atoms with Gasteiger partial charge < -0.3 is 20.1 Å². The fourth-order valence-electron chi connectivity index (χ4n) is 3.10. The van der Waals surface area contributed by atoms with Gasteiger partial charge in [-0.1, -0.05) is 24.3 Å². The van der Waals surface area contributed by atoms with Gasteiger partial charge >= 0.3 is 12.0 Å². The lowest BCUT2D eigenvalue weighted by Crippen LogP contribution is -2.40. The molecule has 1 aliphatic heterocycles. The van der Waals surface area contributed by atoms with Gasteiger partial charge in [0.15, 0.2) is 0 Å². The van der Waals surface area contributed by atoms with Crippen LogP contribution in [0.5, 0.6) is 5.75 Å². The van der Waals surface area contributed by atoms with E-state index in [2.05, 4.69) is 5.32 Å². The number of likely N-dealkylation sites (tertiary alicyclic amines) is 1. The molecule has 0 saturated carbocycles. The molecule has 1 unspecified atom stereocenters. The standard InChI is InChI=1S/C21H23FN2O4/c1-21(19(25)26)9-10-24(14-21)20(27)23-12-15-5-7-18(8-6-15)28-13-16-3-2-4-17(22)11-16/h2-8,11H,9-10,12-14H2,1H3,(H,23,27)(H,25,26). The average Bonchev–Trinajstić information content (AvgIpc) is 3.09. The number of carboxylic acids is 1. The minimum Gasteiger partial charge on any atom is -0.489 e. The fourth-order valence-corrected chi connectivity index (χ4v) is 3.10. The number of aliphatic carboxylic acids is 1. The van der Waals surface area contributed by atoms with Crippen molar-refractivity contribution < 1.29 is 23.8 Å². The molecule has 2 N–H and O–H groups in total. The summed E-state index contributed by atoms with van der Waals surface area (Å²) in [7, 11) is 0. The van der Waals surface area contributed by atoms with Crippen molar-refractivity contribution in [1.82, 2.24) is 10.2 Å². The summed E-state index contributed by atoms with van der Waals surface area (Å²) >= 11 is 0. The van der Waals surface area contributed by atoms with E-state index < -0.39 is 11.4 Å². The third kappa shape index (κ3) is 4.79. The highest BCUT2D eigenvalue weighted by atomic mass is 19.1. The fraction of sp³-hybridized carbons (Fsp3) is 0.333. The Labute approximate surface area is 162 Å². The number of benzene rings is 2. The largest absolute Gasteiger partial charge is 0.489 e. The summed E-state index contributed by atoms with van der Waals surface area (Å²) in [6.45, 7) is 2.90. The molecule has 0 aromatic heterocycles. The Morgan fingerprint density at radius 3 is 2.61 bits per heavy atom. The first-order valence-electron chi connectivity index (χ1n) is 9.08. The molecule has 0 spiro atoms. The summed E-state index contributed by atoms with van der Waals surface area (Å²) in [6, 6.07) is 13.2. The van der Waals surface area contributed by atoms with E-state index in [1.165, 1.54) is 17.0 Å². The maximum absolute atomic E-state index is 13.2. The van der Waals surface area contributed by atoms with Gasteiger partial charge in [0.1, 0.15) is 18.2 Å². The van der Waals surface area contributed by atoms with Crippen LogP contribution in [0.4, 0.5) is 9.18 Å². The molecule has 6 nitrogen and oxygen atoms in total. The molecular weight excluding hydrogens is 363 g/mol. The smallest absolute Gasteiger partial charge is 0.317 e. The highest BCUT2D eigenvalue weighted by Crippen LogP contribution is 2.30. The van der Waals surface area contributed by atoms with Crippen molar-refractivity contribution in [1.29, 1.82) is 0 Å². The summed E-state index contributed by atoms with van der Waals surface area (Å²) in [5.41, 5.74) is 0.764. The Bertz CT molecular complexity index is 856. The normalized spacial score (nSPS) is 18.7. The molecule has 1 aliphatic rings. The van der Waals surface area contributed by atoms with Gasteiger partial charge in [0.25, 0.3) is 0 Å². The zero-order valence-electron chi connectivity index (χ0n) is 15.7. The van der Waals surface area contributed by atoms with Crippen LogP contribution in [0.2, 0.25) is 0 Å². The second kappa shape index (κ2) is 8.29. The maximum atomic E-state index is 13.2. The minimum atomic E-state index is -0.878. The average molecular weight is 386 g/mol. The number of carbonyl (C=O) groups is 2. The number of carbonyl (C=O) groups excluding carboxylic acids is 1. The SMILES string of the molecule is CC1(C(=O)O)CCN(C(=O)NCc2ccc(OCc3cccc(F)c3)cc2)C1. The lowest BCUT2D eigenvalue weighted by Gasteiger charge is -2.20. The Morgan fingerprint density at radius 2 is 1.96 bits per heavy atom. The van der Waals surface area contributed by atoms with Gasteiger partial charge in [-0.3, -0.25) is 4.79 Å². The number of urea groups is 1. The maximum Gasteiger partial charge on any atom is 0.317 e. The topological polar surface area (TPSA) is 78.9 Å². The van der Waals surface area contributed by atoms with Crippen LogP contribution in [0.1, 0.15) is 24.5 Å². The number of nitrogens with one attached hydrogen (secondary N) is 1. The van der Waals surface area contributed by atoms with Crippen molar-refractivity contribution in [2.75, 3.05) is 13.1 Å². The molecule has 1 heterocycles. The highest BCUT2D eigenvalue weighted by molar-refractivity contribution is 5.79. The van der Waals surface area contributed by atoms with Crippen molar-refractivity contribution in [3.05, 3.63) is 65.5 Å². The van der Waals surface area contributed by atoms with Crippen molar-refractivity contribution in [2.45, 2.75) is 26.5 Å². The molecule has 0 aliphatic carbocycles. The molecular formula is C21H23FN2O4. The molecule has 0 bridgehead atoms. The first-order chi connectivity index (χ1) is 13.4. The van der Waals surface area contributed by atoms with E-state index in [0.717, 1.165) is 11.1 Å². The Morgan fingerprint density at radius 1 is 1.21 bits per heavy atom.